The molecule has 2 aromatic carbocycles. The lowest BCUT2D eigenvalue weighted by Crippen LogP contribution is -2.46. The molecule has 4 N–H and O–H groups in total. The number of hydrogen-bond donors (Lipinski definition) is 4. The Balaban J connectivity index is 1.12. The van der Waals surface area contributed by atoms with Crippen LogP contribution in [0.4, 0.5) is 5.69 Å². The highest BCUT2D eigenvalue weighted by Gasteiger charge is 2.27. The number of carbonyl (C=O) groups excluding carboxylic acids is 2. The highest BCUT2D eigenvalue weighted by atomic mass is 16.2. The second-order valence-electron chi connectivity index (χ2n) is 8.64. The summed E-state index contributed by atoms with van der Waals surface area (Å²) in [7, 11) is 0. The minimum atomic E-state index is -0.257. The van der Waals surface area contributed by atoms with E-state index in [1.807, 2.05) is 47.0 Å². The topological polar surface area (TPSA) is 108 Å². The average molecular weight is 434 g/mol. The maximum Gasteiger partial charge on any atom is 0.326 e. The van der Waals surface area contributed by atoms with Crippen LogP contribution in [-0.2, 0) is 4.79 Å². The molecule has 166 valence electrons. The summed E-state index contributed by atoms with van der Waals surface area (Å²) in [4.78, 5) is 40.1. The molecule has 3 aromatic rings. The number of aromatic nitrogens is 2. The first-order valence-electron chi connectivity index (χ1n) is 11.2. The van der Waals surface area contributed by atoms with Crippen molar-refractivity contribution in [2.45, 2.75) is 56.8 Å². The summed E-state index contributed by atoms with van der Waals surface area (Å²) in [6.07, 6.45) is 3.98. The number of anilines is 1. The molecule has 0 radical (unpaired) electrons. The van der Waals surface area contributed by atoms with Gasteiger partial charge in [0.2, 0.25) is 5.91 Å². The first kappa shape index (κ1) is 20.4. The van der Waals surface area contributed by atoms with E-state index in [2.05, 4.69) is 20.9 Å². The maximum atomic E-state index is 12.5. The number of para-hydroxylation sites is 3. The summed E-state index contributed by atoms with van der Waals surface area (Å²) < 4.78 is 1.86. The Hall–Kier alpha value is -3.55. The molecule has 1 atom stereocenters. The van der Waals surface area contributed by atoms with E-state index in [0.29, 0.717) is 18.4 Å². The smallest absolute Gasteiger partial charge is 0.326 e. The molecule has 2 heterocycles. The Morgan fingerprint density at radius 2 is 1.72 bits per heavy atom. The highest BCUT2D eigenvalue weighted by molar-refractivity contribution is 6.01. The number of fused-ring (bicyclic) bond motifs is 2. The number of nitrogens with zero attached hydrogens (tertiary/aromatic N) is 1. The van der Waals surface area contributed by atoms with Gasteiger partial charge >= 0.3 is 5.69 Å². The molecule has 2 aliphatic rings. The number of amides is 2. The van der Waals surface area contributed by atoms with Crippen LogP contribution in [-0.4, -0.2) is 33.6 Å². The van der Waals surface area contributed by atoms with Gasteiger partial charge < -0.3 is 20.9 Å². The maximum absolute atomic E-state index is 12.5. The Morgan fingerprint density at radius 3 is 2.56 bits per heavy atom. The molecule has 1 aromatic heterocycles. The van der Waals surface area contributed by atoms with Gasteiger partial charge in [0.05, 0.1) is 22.8 Å². The third-order valence-corrected chi connectivity index (χ3v) is 6.52. The van der Waals surface area contributed by atoms with E-state index in [1.54, 1.807) is 6.07 Å². The lowest BCUT2D eigenvalue weighted by Gasteiger charge is -2.30. The molecule has 1 aliphatic carbocycles. The molecule has 1 unspecified atom stereocenters. The molecule has 5 rings (SSSR count). The zero-order valence-electron chi connectivity index (χ0n) is 17.8. The monoisotopic (exact) mass is 433 g/mol. The van der Waals surface area contributed by atoms with Crippen molar-refractivity contribution in [1.29, 1.82) is 0 Å². The standard InChI is InChI=1S/C24H27N5O3/c30-22(14-13-21-26-18-6-2-1-5-17(18)23(31)28-21)25-15-9-11-16(12-10-15)29-20-8-4-3-7-19(20)27-24(29)32/h1-8,15-16,21,26H,9-14H2,(H,25,30)(H,27,32)(H,28,31). The van der Waals surface area contributed by atoms with Crippen molar-refractivity contribution in [3.05, 3.63) is 64.6 Å². The third-order valence-electron chi connectivity index (χ3n) is 6.52. The number of H-pyrrole nitrogens is 1. The van der Waals surface area contributed by atoms with Gasteiger partial charge in [0.1, 0.15) is 0 Å². The first-order valence-corrected chi connectivity index (χ1v) is 11.2. The van der Waals surface area contributed by atoms with Gasteiger partial charge in [-0.25, -0.2) is 4.79 Å². The fourth-order valence-corrected chi connectivity index (χ4v) is 4.90. The van der Waals surface area contributed by atoms with Gasteiger partial charge in [0, 0.05) is 24.2 Å². The number of carbonyl (C=O) groups is 2. The second-order valence-corrected chi connectivity index (χ2v) is 8.64. The quantitative estimate of drug-likeness (QED) is 0.496. The molecule has 2 amide bonds. The van der Waals surface area contributed by atoms with Crippen molar-refractivity contribution < 1.29 is 9.59 Å². The zero-order chi connectivity index (χ0) is 22.1. The SMILES string of the molecule is O=C(CCC1NC(=O)c2ccccc2N1)NC1CCC(n2c(=O)[nH]c3ccccc32)CC1. The number of benzene rings is 2. The Bertz CT molecular complexity index is 1210. The predicted octanol–water partition coefficient (Wildman–Crippen LogP) is 2.89. The van der Waals surface area contributed by atoms with Crippen LogP contribution in [0, 0.1) is 0 Å². The van der Waals surface area contributed by atoms with Gasteiger partial charge in [-0.1, -0.05) is 24.3 Å². The van der Waals surface area contributed by atoms with E-state index in [-0.39, 0.29) is 35.8 Å². The van der Waals surface area contributed by atoms with Crippen LogP contribution in [0.5, 0.6) is 0 Å². The lowest BCUT2D eigenvalue weighted by atomic mass is 9.90. The second kappa shape index (κ2) is 8.53. The predicted molar refractivity (Wildman–Crippen MR) is 123 cm³/mol. The molecule has 8 nitrogen and oxygen atoms in total. The molecule has 1 aliphatic heterocycles. The number of rotatable bonds is 5. The molecule has 1 fully saturated rings. The van der Waals surface area contributed by atoms with Crippen molar-refractivity contribution in [2.75, 3.05) is 5.32 Å². The average Bonchev–Trinajstić information content (AvgIpc) is 3.14. The largest absolute Gasteiger partial charge is 0.365 e. The van der Waals surface area contributed by atoms with E-state index >= 15 is 0 Å². The Morgan fingerprint density at radius 1 is 0.969 bits per heavy atom. The highest BCUT2D eigenvalue weighted by Crippen LogP contribution is 2.30. The lowest BCUT2D eigenvalue weighted by molar-refractivity contribution is -0.122. The molecular weight excluding hydrogens is 406 g/mol. The van der Waals surface area contributed by atoms with E-state index in [1.165, 1.54) is 0 Å². The number of hydrogen-bond acceptors (Lipinski definition) is 4. The van der Waals surface area contributed by atoms with Gasteiger partial charge in [-0.15, -0.1) is 0 Å². The molecule has 1 saturated carbocycles. The van der Waals surface area contributed by atoms with Crippen LogP contribution in [0.2, 0.25) is 0 Å². The number of aromatic amines is 1. The van der Waals surface area contributed by atoms with Crippen LogP contribution in [0.3, 0.4) is 0 Å². The summed E-state index contributed by atoms with van der Waals surface area (Å²) in [5.74, 6) is -0.122. The summed E-state index contributed by atoms with van der Waals surface area (Å²) in [6, 6.07) is 15.4. The van der Waals surface area contributed by atoms with Crippen molar-refractivity contribution >= 4 is 28.5 Å². The first-order chi connectivity index (χ1) is 15.6. The fourth-order valence-electron chi connectivity index (χ4n) is 4.90. The van der Waals surface area contributed by atoms with E-state index in [9.17, 15) is 14.4 Å². The fraction of sp³-hybridized carbons (Fsp3) is 0.375. The van der Waals surface area contributed by atoms with E-state index < -0.39 is 0 Å². The summed E-state index contributed by atoms with van der Waals surface area (Å²) >= 11 is 0. The van der Waals surface area contributed by atoms with Gasteiger partial charge in [-0.2, -0.15) is 0 Å². The van der Waals surface area contributed by atoms with Crippen molar-refractivity contribution in [1.82, 2.24) is 20.2 Å². The molecule has 32 heavy (non-hydrogen) atoms. The van der Waals surface area contributed by atoms with Gasteiger partial charge in [-0.3, -0.25) is 14.2 Å². The molecule has 8 heteroatoms. The van der Waals surface area contributed by atoms with Crippen LogP contribution in [0.15, 0.2) is 53.3 Å². The molecule has 0 spiro atoms. The molecule has 0 saturated heterocycles. The van der Waals surface area contributed by atoms with Gasteiger partial charge in [0.15, 0.2) is 0 Å². The summed E-state index contributed by atoms with van der Waals surface area (Å²) in [5.41, 5.74) is 3.15. The van der Waals surface area contributed by atoms with Crippen molar-refractivity contribution in [2.24, 2.45) is 0 Å². The van der Waals surface area contributed by atoms with Crippen molar-refractivity contribution in [3.63, 3.8) is 0 Å². The minimum Gasteiger partial charge on any atom is -0.365 e. The third kappa shape index (κ3) is 4.00. The van der Waals surface area contributed by atoms with Crippen molar-refractivity contribution in [3.8, 4) is 0 Å². The van der Waals surface area contributed by atoms with Crippen LogP contribution >= 0.6 is 0 Å². The Labute approximate surface area is 185 Å². The zero-order valence-corrected chi connectivity index (χ0v) is 17.8. The minimum absolute atomic E-state index is 0.00683. The normalized spacial score (nSPS) is 22.6. The molecule has 0 bridgehead atoms. The molecular formula is C24H27N5O3. The van der Waals surface area contributed by atoms with E-state index in [4.69, 9.17) is 0 Å². The Kier molecular flexibility index (Phi) is 5.43. The van der Waals surface area contributed by atoms with Crippen LogP contribution < -0.4 is 21.6 Å². The van der Waals surface area contributed by atoms with Crippen LogP contribution in [0.25, 0.3) is 11.0 Å². The van der Waals surface area contributed by atoms with Gasteiger partial charge in [0.25, 0.3) is 5.91 Å². The summed E-state index contributed by atoms with van der Waals surface area (Å²) in [6.45, 7) is 0. The van der Waals surface area contributed by atoms with E-state index in [0.717, 1.165) is 42.4 Å². The number of nitrogens with one attached hydrogen (secondary N) is 4. The summed E-state index contributed by atoms with van der Waals surface area (Å²) in [5, 5.41) is 9.32. The number of imidazole rings is 1. The van der Waals surface area contributed by atoms with Crippen LogP contribution in [0.1, 0.15) is 54.9 Å². The van der Waals surface area contributed by atoms with Gasteiger partial charge in [-0.05, 0) is 56.4 Å².